The van der Waals surface area contributed by atoms with Crippen LogP contribution in [0, 0.1) is 0 Å². The van der Waals surface area contributed by atoms with Crippen LogP contribution >= 0.6 is 0 Å². The number of hydrogen-bond donors (Lipinski definition) is 2. The summed E-state index contributed by atoms with van der Waals surface area (Å²) in [4.78, 5) is 24.4. The third kappa shape index (κ3) is 7.30. The predicted molar refractivity (Wildman–Crippen MR) is 139 cm³/mol. The summed E-state index contributed by atoms with van der Waals surface area (Å²) in [5.41, 5.74) is 5.46. The lowest BCUT2D eigenvalue weighted by Gasteiger charge is -2.09. The molecule has 0 fully saturated rings. The van der Waals surface area contributed by atoms with Crippen LogP contribution in [-0.4, -0.2) is 18.0 Å². The predicted octanol–water partition coefficient (Wildman–Crippen LogP) is 4.93. The summed E-state index contributed by atoms with van der Waals surface area (Å²) in [6.07, 6.45) is 1.43. The number of amides is 2. The second kappa shape index (κ2) is 12.5. The van der Waals surface area contributed by atoms with Gasteiger partial charge in [-0.1, -0.05) is 72.8 Å². The number of carbonyl (C=O) groups is 2. The smallest absolute Gasteiger partial charge is 0.329 e. The standard InChI is InChI=1S/C29H25N3O4/c33-28(31-25-15-17-26(18-16-25)35-20-22-9-3-1-4-10-22)29(34)32-30-19-24-13-7-8-14-27(24)36-21-23-11-5-2-6-12-23/h1-19H,20-21H2,(H,31,33)(H,32,34)/b30-19-. The van der Waals surface area contributed by atoms with E-state index in [0.29, 0.717) is 36.0 Å². The van der Waals surface area contributed by atoms with Gasteiger partial charge < -0.3 is 14.8 Å². The molecule has 0 aromatic heterocycles. The van der Waals surface area contributed by atoms with Gasteiger partial charge in [0.05, 0.1) is 6.21 Å². The molecule has 0 atom stereocenters. The van der Waals surface area contributed by atoms with Crippen molar-refractivity contribution >= 4 is 23.7 Å². The molecule has 4 rings (SSSR count). The second-order valence-electron chi connectivity index (χ2n) is 7.76. The molecular weight excluding hydrogens is 454 g/mol. The highest BCUT2D eigenvalue weighted by Crippen LogP contribution is 2.18. The largest absolute Gasteiger partial charge is 0.489 e. The van der Waals surface area contributed by atoms with E-state index >= 15 is 0 Å². The van der Waals surface area contributed by atoms with Gasteiger partial charge in [0.2, 0.25) is 0 Å². The van der Waals surface area contributed by atoms with Crippen LogP contribution in [0.2, 0.25) is 0 Å². The molecule has 0 bridgehead atoms. The van der Waals surface area contributed by atoms with Crippen molar-refractivity contribution in [2.24, 2.45) is 5.10 Å². The third-order valence-electron chi connectivity index (χ3n) is 5.09. The number of carbonyl (C=O) groups excluding carboxylic acids is 2. The third-order valence-corrected chi connectivity index (χ3v) is 5.09. The fourth-order valence-electron chi connectivity index (χ4n) is 3.23. The Hall–Kier alpha value is -4.91. The van der Waals surface area contributed by atoms with E-state index in [1.165, 1.54) is 6.21 Å². The van der Waals surface area contributed by atoms with Gasteiger partial charge >= 0.3 is 11.8 Å². The lowest BCUT2D eigenvalue weighted by atomic mass is 10.2. The molecule has 0 spiro atoms. The average molecular weight is 480 g/mol. The number of hydrogen-bond acceptors (Lipinski definition) is 5. The van der Waals surface area contributed by atoms with Crippen LogP contribution in [0.3, 0.4) is 0 Å². The van der Waals surface area contributed by atoms with Crippen LogP contribution < -0.4 is 20.2 Å². The Kier molecular flexibility index (Phi) is 8.43. The van der Waals surface area contributed by atoms with Gasteiger partial charge in [-0.25, -0.2) is 5.43 Å². The van der Waals surface area contributed by atoms with E-state index in [1.54, 1.807) is 30.3 Å². The van der Waals surface area contributed by atoms with Gasteiger partial charge in [-0.3, -0.25) is 9.59 Å². The zero-order chi connectivity index (χ0) is 25.0. The lowest BCUT2D eigenvalue weighted by molar-refractivity contribution is -0.136. The molecule has 36 heavy (non-hydrogen) atoms. The molecule has 0 aliphatic carbocycles. The van der Waals surface area contributed by atoms with Crippen LogP contribution in [0.4, 0.5) is 5.69 Å². The Balaban J connectivity index is 1.26. The summed E-state index contributed by atoms with van der Waals surface area (Å²) in [6.45, 7) is 0.837. The van der Waals surface area contributed by atoms with Gasteiger partial charge in [0.1, 0.15) is 24.7 Å². The number of rotatable bonds is 9. The number of nitrogens with one attached hydrogen (secondary N) is 2. The number of para-hydroxylation sites is 1. The minimum atomic E-state index is -0.890. The summed E-state index contributed by atoms with van der Waals surface area (Å²) in [5, 5.41) is 6.44. The monoisotopic (exact) mass is 479 g/mol. The van der Waals surface area contributed by atoms with E-state index in [2.05, 4.69) is 15.8 Å². The first-order valence-electron chi connectivity index (χ1n) is 11.3. The van der Waals surface area contributed by atoms with Gasteiger partial charge in [-0.2, -0.15) is 5.10 Å². The van der Waals surface area contributed by atoms with E-state index < -0.39 is 11.8 Å². The van der Waals surface area contributed by atoms with E-state index in [-0.39, 0.29) is 0 Å². The van der Waals surface area contributed by atoms with Crippen LogP contribution in [0.25, 0.3) is 0 Å². The van der Waals surface area contributed by atoms with Crippen molar-refractivity contribution in [3.05, 3.63) is 126 Å². The number of ether oxygens (including phenoxy) is 2. The molecule has 7 heteroatoms. The van der Waals surface area contributed by atoms with Crippen molar-refractivity contribution in [1.29, 1.82) is 0 Å². The lowest BCUT2D eigenvalue weighted by Crippen LogP contribution is -2.32. The summed E-state index contributed by atoms with van der Waals surface area (Å²) < 4.78 is 11.6. The quantitative estimate of drug-likeness (QED) is 0.202. The van der Waals surface area contributed by atoms with Crippen LogP contribution in [0.15, 0.2) is 114 Å². The molecule has 0 saturated carbocycles. The van der Waals surface area contributed by atoms with E-state index in [1.807, 2.05) is 78.9 Å². The minimum Gasteiger partial charge on any atom is -0.489 e. The van der Waals surface area contributed by atoms with Crippen LogP contribution in [0.5, 0.6) is 11.5 Å². The van der Waals surface area contributed by atoms with Crippen molar-refractivity contribution in [3.8, 4) is 11.5 Å². The maximum atomic E-state index is 12.2. The van der Waals surface area contributed by atoms with Crippen molar-refractivity contribution in [3.63, 3.8) is 0 Å². The van der Waals surface area contributed by atoms with E-state index in [0.717, 1.165) is 11.1 Å². The molecule has 4 aromatic rings. The molecule has 2 N–H and O–H groups in total. The second-order valence-corrected chi connectivity index (χ2v) is 7.76. The van der Waals surface area contributed by atoms with Gasteiger partial charge in [0, 0.05) is 11.3 Å². The van der Waals surface area contributed by atoms with Crippen molar-refractivity contribution < 1.29 is 19.1 Å². The molecule has 4 aromatic carbocycles. The Morgan fingerprint density at radius 3 is 1.92 bits per heavy atom. The van der Waals surface area contributed by atoms with Gasteiger partial charge in [0.25, 0.3) is 0 Å². The number of nitrogens with zero attached hydrogens (tertiary/aromatic N) is 1. The molecule has 180 valence electrons. The first kappa shape index (κ1) is 24.2. The summed E-state index contributed by atoms with van der Waals surface area (Å²) >= 11 is 0. The van der Waals surface area contributed by atoms with Crippen LogP contribution in [0.1, 0.15) is 16.7 Å². The molecule has 0 aliphatic rings. The highest BCUT2D eigenvalue weighted by molar-refractivity contribution is 6.39. The topological polar surface area (TPSA) is 89.0 Å². The maximum absolute atomic E-state index is 12.2. The van der Waals surface area contributed by atoms with Gasteiger partial charge in [0.15, 0.2) is 0 Å². The SMILES string of the molecule is O=C(N/N=C\c1ccccc1OCc1ccccc1)C(=O)Nc1ccc(OCc2ccccc2)cc1. The minimum absolute atomic E-state index is 0.399. The first-order chi connectivity index (χ1) is 17.7. The van der Waals surface area contributed by atoms with E-state index in [4.69, 9.17) is 9.47 Å². The fourth-order valence-corrected chi connectivity index (χ4v) is 3.23. The first-order valence-corrected chi connectivity index (χ1v) is 11.3. The zero-order valence-corrected chi connectivity index (χ0v) is 19.5. The summed E-state index contributed by atoms with van der Waals surface area (Å²) in [5.74, 6) is -0.463. The van der Waals surface area contributed by atoms with Crippen molar-refractivity contribution in [2.45, 2.75) is 13.2 Å². The highest BCUT2D eigenvalue weighted by Gasteiger charge is 2.13. The molecular formula is C29H25N3O4. The average Bonchev–Trinajstić information content (AvgIpc) is 2.93. The Morgan fingerprint density at radius 1 is 0.667 bits per heavy atom. The maximum Gasteiger partial charge on any atom is 0.329 e. The van der Waals surface area contributed by atoms with Gasteiger partial charge in [-0.05, 0) is 47.5 Å². The number of hydrazone groups is 1. The fraction of sp³-hybridized carbons (Fsp3) is 0.0690. The highest BCUT2D eigenvalue weighted by atomic mass is 16.5. The molecule has 0 saturated heterocycles. The number of anilines is 1. The zero-order valence-electron chi connectivity index (χ0n) is 19.5. The van der Waals surface area contributed by atoms with Crippen molar-refractivity contribution in [1.82, 2.24) is 5.43 Å². The van der Waals surface area contributed by atoms with E-state index in [9.17, 15) is 9.59 Å². The summed E-state index contributed by atoms with van der Waals surface area (Å²) in [7, 11) is 0. The molecule has 0 radical (unpaired) electrons. The molecule has 0 aliphatic heterocycles. The van der Waals surface area contributed by atoms with Crippen molar-refractivity contribution in [2.75, 3.05) is 5.32 Å². The Labute approximate surface area is 209 Å². The molecule has 0 heterocycles. The molecule has 2 amide bonds. The molecule has 7 nitrogen and oxygen atoms in total. The molecule has 0 unspecified atom stereocenters. The number of benzene rings is 4. The van der Waals surface area contributed by atoms with Gasteiger partial charge in [-0.15, -0.1) is 0 Å². The Morgan fingerprint density at radius 2 is 1.25 bits per heavy atom. The van der Waals surface area contributed by atoms with Crippen LogP contribution in [-0.2, 0) is 22.8 Å². The summed E-state index contributed by atoms with van der Waals surface area (Å²) in [6, 6.07) is 33.6. The normalized spacial score (nSPS) is 10.6. The Bertz CT molecular complexity index is 1310.